The van der Waals surface area contributed by atoms with E-state index in [1.165, 1.54) is 13.2 Å². The van der Waals surface area contributed by atoms with Crippen LogP contribution < -0.4 is 14.8 Å². The highest BCUT2D eigenvalue weighted by Gasteiger charge is 2.16. The second-order valence-corrected chi connectivity index (χ2v) is 5.62. The monoisotopic (exact) mass is 259 g/mol. The standard InChI is InChI=1S/C9H17N5O2S/c1-10-17(15,16)13-8-6-12-14(7-8)9-2-4-11-5-3-9/h6-7,9-11,13H,2-5H2,1H3. The largest absolute Gasteiger partial charge is 0.317 e. The van der Waals surface area contributed by atoms with Crippen molar-refractivity contribution in [3.63, 3.8) is 0 Å². The minimum absolute atomic E-state index is 0.351. The third kappa shape index (κ3) is 3.18. The quantitative estimate of drug-likeness (QED) is 0.691. The van der Waals surface area contributed by atoms with E-state index in [1.807, 2.05) is 4.68 Å². The van der Waals surface area contributed by atoms with Gasteiger partial charge in [0.2, 0.25) is 0 Å². The van der Waals surface area contributed by atoms with Gasteiger partial charge in [0.1, 0.15) is 0 Å². The second-order valence-electron chi connectivity index (χ2n) is 4.00. The number of aromatic nitrogens is 2. The minimum atomic E-state index is -3.46. The van der Waals surface area contributed by atoms with Gasteiger partial charge in [-0.15, -0.1) is 0 Å². The van der Waals surface area contributed by atoms with E-state index < -0.39 is 10.2 Å². The summed E-state index contributed by atoms with van der Waals surface area (Å²) in [6.45, 7) is 1.95. The Morgan fingerprint density at radius 3 is 2.82 bits per heavy atom. The lowest BCUT2D eigenvalue weighted by Crippen LogP contribution is -2.29. The molecule has 96 valence electrons. The SMILES string of the molecule is CNS(=O)(=O)Nc1cnn(C2CCNCC2)c1. The fourth-order valence-electron chi connectivity index (χ4n) is 1.87. The van der Waals surface area contributed by atoms with Crippen LogP contribution in [0.1, 0.15) is 18.9 Å². The van der Waals surface area contributed by atoms with E-state index in [-0.39, 0.29) is 0 Å². The Morgan fingerprint density at radius 2 is 2.18 bits per heavy atom. The van der Waals surface area contributed by atoms with Gasteiger partial charge in [0.15, 0.2) is 0 Å². The molecule has 1 saturated heterocycles. The van der Waals surface area contributed by atoms with E-state index in [2.05, 4.69) is 19.9 Å². The highest BCUT2D eigenvalue weighted by atomic mass is 32.2. The molecule has 0 amide bonds. The molecule has 1 aromatic heterocycles. The van der Waals surface area contributed by atoms with Crippen molar-refractivity contribution in [3.05, 3.63) is 12.4 Å². The summed E-state index contributed by atoms with van der Waals surface area (Å²) in [5.74, 6) is 0. The first-order valence-electron chi connectivity index (χ1n) is 5.57. The van der Waals surface area contributed by atoms with Crippen LogP contribution in [0.4, 0.5) is 5.69 Å². The highest BCUT2D eigenvalue weighted by Crippen LogP contribution is 2.19. The lowest BCUT2D eigenvalue weighted by Gasteiger charge is -2.22. The van der Waals surface area contributed by atoms with Crippen LogP contribution in [0, 0.1) is 0 Å². The maximum absolute atomic E-state index is 11.3. The molecule has 1 fully saturated rings. The average molecular weight is 259 g/mol. The van der Waals surface area contributed by atoms with Gasteiger partial charge >= 0.3 is 0 Å². The van der Waals surface area contributed by atoms with E-state index in [4.69, 9.17) is 0 Å². The van der Waals surface area contributed by atoms with Crippen molar-refractivity contribution >= 4 is 15.9 Å². The van der Waals surface area contributed by atoms with Crippen LogP contribution in [0.15, 0.2) is 12.4 Å². The molecule has 8 heteroatoms. The number of rotatable bonds is 4. The Hall–Kier alpha value is -1.12. The summed E-state index contributed by atoms with van der Waals surface area (Å²) < 4.78 is 29.0. The first-order chi connectivity index (χ1) is 8.11. The molecule has 1 aliphatic heterocycles. The zero-order chi connectivity index (χ0) is 12.3. The number of anilines is 1. The van der Waals surface area contributed by atoms with Gasteiger partial charge in [-0.25, -0.2) is 4.72 Å². The molecule has 0 spiro atoms. The van der Waals surface area contributed by atoms with Crippen molar-refractivity contribution in [3.8, 4) is 0 Å². The lowest BCUT2D eigenvalue weighted by atomic mass is 10.1. The summed E-state index contributed by atoms with van der Waals surface area (Å²) >= 11 is 0. The smallest absolute Gasteiger partial charge is 0.298 e. The van der Waals surface area contributed by atoms with Crippen LogP contribution in [0.5, 0.6) is 0 Å². The number of hydrogen-bond donors (Lipinski definition) is 3. The molecule has 2 rings (SSSR count). The molecule has 1 aromatic rings. The lowest BCUT2D eigenvalue weighted by molar-refractivity contribution is 0.343. The van der Waals surface area contributed by atoms with Crippen LogP contribution in [-0.2, 0) is 10.2 Å². The van der Waals surface area contributed by atoms with Gasteiger partial charge in [-0.2, -0.15) is 13.5 Å². The Balaban J connectivity index is 2.05. The third-order valence-electron chi connectivity index (χ3n) is 2.81. The first-order valence-corrected chi connectivity index (χ1v) is 7.05. The minimum Gasteiger partial charge on any atom is -0.317 e. The Labute approximate surface area is 101 Å². The van der Waals surface area contributed by atoms with Crippen molar-refractivity contribution in [2.45, 2.75) is 18.9 Å². The summed E-state index contributed by atoms with van der Waals surface area (Å²) in [7, 11) is -2.09. The fraction of sp³-hybridized carbons (Fsp3) is 0.667. The second kappa shape index (κ2) is 5.03. The molecule has 0 saturated carbocycles. The normalized spacial score (nSPS) is 18.2. The van der Waals surface area contributed by atoms with Crippen molar-refractivity contribution in [2.24, 2.45) is 0 Å². The first kappa shape index (κ1) is 12.3. The molecule has 2 heterocycles. The van der Waals surface area contributed by atoms with Gasteiger partial charge in [0.25, 0.3) is 10.2 Å². The fourth-order valence-corrected chi connectivity index (χ4v) is 2.39. The van der Waals surface area contributed by atoms with Gasteiger partial charge < -0.3 is 5.32 Å². The Kier molecular flexibility index (Phi) is 3.65. The van der Waals surface area contributed by atoms with Crippen molar-refractivity contribution in [1.82, 2.24) is 19.8 Å². The number of nitrogens with one attached hydrogen (secondary N) is 3. The molecule has 0 unspecified atom stereocenters. The molecule has 0 bridgehead atoms. The summed E-state index contributed by atoms with van der Waals surface area (Å²) in [6, 6.07) is 0.351. The number of piperidine rings is 1. The molecule has 0 radical (unpaired) electrons. The molecule has 0 atom stereocenters. The number of hydrogen-bond acceptors (Lipinski definition) is 4. The highest BCUT2D eigenvalue weighted by molar-refractivity contribution is 7.90. The maximum Gasteiger partial charge on any atom is 0.298 e. The third-order valence-corrected chi connectivity index (χ3v) is 3.85. The molecule has 7 nitrogen and oxygen atoms in total. The zero-order valence-electron chi connectivity index (χ0n) is 9.68. The predicted molar refractivity (Wildman–Crippen MR) is 65.0 cm³/mol. The molecular weight excluding hydrogens is 242 g/mol. The van der Waals surface area contributed by atoms with Crippen LogP contribution >= 0.6 is 0 Å². The molecule has 0 aromatic carbocycles. The van der Waals surface area contributed by atoms with Gasteiger partial charge in [-0.3, -0.25) is 9.40 Å². The molecule has 1 aliphatic rings. The van der Waals surface area contributed by atoms with Crippen molar-refractivity contribution in [2.75, 3.05) is 24.9 Å². The summed E-state index contributed by atoms with van der Waals surface area (Å²) in [6.07, 6.45) is 5.28. The van der Waals surface area contributed by atoms with E-state index in [9.17, 15) is 8.42 Å². The Morgan fingerprint density at radius 1 is 1.47 bits per heavy atom. The van der Waals surface area contributed by atoms with E-state index in [1.54, 1.807) is 6.20 Å². The summed E-state index contributed by atoms with van der Waals surface area (Å²) in [4.78, 5) is 0. The molecular formula is C9H17N5O2S. The van der Waals surface area contributed by atoms with Gasteiger partial charge in [-0.1, -0.05) is 0 Å². The van der Waals surface area contributed by atoms with Gasteiger partial charge in [0, 0.05) is 13.2 Å². The van der Waals surface area contributed by atoms with E-state index >= 15 is 0 Å². The number of nitrogens with zero attached hydrogens (tertiary/aromatic N) is 2. The average Bonchev–Trinajstić information content (AvgIpc) is 2.78. The predicted octanol–water partition coefficient (Wildman–Crippen LogP) is -0.316. The van der Waals surface area contributed by atoms with Crippen molar-refractivity contribution in [1.29, 1.82) is 0 Å². The van der Waals surface area contributed by atoms with Crippen molar-refractivity contribution < 1.29 is 8.42 Å². The Bertz CT molecular complexity index is 463. The van der Waals surface area contributed by atoms with Crippen LogP contribution in [-0.4, -0.2) is 38.3 Å². The van der Waals surface area contributed by atoms with Gasteiger partial charge in [-0.05, 0) is 25.9 Å². The topological polar surface area (TPSA) is 88.1 Å². The maximum atomic E-state index is 11.3. The summed E-state index contributed by atoms with van der Waals surface area (Å²) in [5.41, 5.74) is 0.484. The molecule has 17 heavy (non-hydrogen) atoms. The van der Waals surface area contributed by atoms with Crippen LogP contribution in [0.2, 0.25) is 0 Å². The van der Waals surface area contributed by atoms with Gasteiger partial charge in [0.05, 0.1) is 17.9 Å². The zero-order valence-corrected chi connectivity index (χ0v) is 10.5. The van der Waals surface area contributed by atoms with Crippen LogP contribution in [0.3, 0.4) is 0 Å². The summed E-state index contributed by atoms with van der Waals surface area (Å²) in [5, 5.41) is 7.47. The van der Waals surface area contributed by atoms with E-state index in [0.717, 1.165) is 25.9 Å². The molecule has 0 aliphatic carbocycles. The van der Waals surface area contributed by atoms with Crippen LogP contribution in [0.25, 0.3) is 0 Å². The molecule has 3 N–H and O–H groups in total. The van der Waals surface area contributed by atoms with E-state index in [0.29, 0.717) is 11.7 Å².